The lowest BCUT2D eigenvalue weighted by Gasteiger charge is -2.31. The SMILES string of the molecule is Cc1cc(CN2CCC(C)CC2)c(C)c(-c2nc3ccccc3c(=O)[nH]2)c1. The molecular formula is C23H27N3O. The van der Waals surface area contributed by atoms with Gasteiger partial charge in [-0.1, -0.05) is 30.7 Å². The minimum atomic E-state index is -0.0805. The number of hydrogen-bond acceptors (Lipinski definition) is 3. The summed E-state index contributed by atoms with van der Waals surface area (Å²) in [5, 5.41) is 0.634. The molecule has 2 aromatic carbocycles. The van der Waals surface area contributed by atoms with Gasteiger partial charge in [0.25, 0.3) is 5.56 Å². The molecule has 0 radical (unpaired) electrons. The molecule has 0 amide bonds. The number of para-hydroxylation sites is 1. The Morgan fingerprint density at radius 3 is 2.67 bits per heavy atom. The van der Waals surface area contributed by atoms with Gasteiger partial charge >= 0.3 is 0 Å². The van der Waals surface area contributed by atoms with Crippen LogP contribution in [0.25, 0.3) is 22.3 Å². The summed E-state index contributed by atoms with van der Waals surface area (Å²) in [6.45, 7) is 9.89. The fourth-order valence-electron chi connectivity index (χ4n) is 4.02. The quantitative estimate of drug-likeness (QED) is 0.750. The predicted octanol–water partition coefficient (Wildman–Crippen LogP) is 4.44. The van der Waals surface area contributed by atoms with Crippen LogP contribution in [0.3, 0.4) is 0 Å². The molecule has 4 heteroatoms. The molecule has 0 unspecified atom stereocenters. The monoisotopic (exact) mass is 361 g/mol. The van der Waals surface area contributed by atoms with Gasteiger partial charge in [0.2, 0.25) is 0 Å². The van der Waals surface area contributed by atoms with Crippen LogP contribution in [0.4, 0.5) is 0 Å². The van der Waals surface area contributed by atoms with Gasteiger partial charge in [-0.05, 0) is 75.0 Å². The molecule has 0 spiro atoms. The number of hydrogen-bond donors (Lipinski definition) is 1. The Labute approximate surface area is 160 Å². The van der Waals surface area contributed by atoms with E-state index in [1.54, 1.807) is 0 Å². The van der Waals surface area contributed by atoms with Crippen LogP contribution < -0.4 is 5.56 Å². The summed E-state index contributed by atoms with van der Waals surface area (Å²) in [7, 11) is 0. The highest BCUT2D eigenvalue weighted by Crippen LogP contribution is 2.27. The number of nitrogens with one attached hydrogen (secondary N) is 1. The number of H-pyrrole nitrogens is 1. The number of benzene rings is 2. The Bertz CT molecular complexity index is 1030. The van der Waals surface area contributed by atoms with Crippen molar-refractivity contribution in [2.45, 2.75) is 40.2 Å². The highest BCUT2D eigenvalue weighted by molar-refractivity contribution is 5.79. The molecule has 1 fully saturated rings. The van der Waals surface area contributed by atoms with Gasteiger partial charge in [0.05, 0.1) is 10.9 Å². The first-order valence-corrected chi connectivity index (χ1v) is 9.83. The van der Waals surface area contributed by atoms with E-state index in [0.717, 1.165) is 36.6 Å². The molecule has 0 saturated carbocycles. The first kappa shape index (κ1) is 17.9. The second-order valence-electron chi connectivity index (χ2n) is 7.99. The van der Waals surface area contributed by atoms with E-state index >= 15 is 0 Å². The van der Waals surface area contributed by atoms with Crippen LogP contribution in [0.5, 0.6) is 0 Å². The molecule has 1 aromatic heterocycles. The molecule has 140 valence electrons. The van der Waals surface area contributed by atoms with E-state index in [2.05, 4.69) is 42.8 Å². The molecule has 3 aromatic rings. The van der Waals surface area contributed by atoms with Crippen molar-refractivity contribution < 1.29 is 0 Å². The van der Waals surface area contributed by atoms with Gasteiger partial charge in [-0.15, -0.1) is 0 Å². The zero-order chi connectivity index (χ0) is 19.0. The zero-order valence-electron chi connectivity index (χ0n) is 16.4. The Morgan fingerprint density at radius 1 is 1.15 bits per heavy atom. The number of aromatic nitrogens is 2. The Morgan fingerprint density at radius 2 is 1.89 bits per heavy atom. The number of piperidine rings is 1. The molecule has 4 nitrogen and oxygen atoms in total. The van der Waals surface area contributed by atoms with E-state index in [1.165, 1.54) is 29.5 Å². The third kappa shape index (κ3) is 3.67. The molecule has 4 rings (SSSR count). The van der Waals surface area contributed by atoms with Gasteiger partial charge in [0.15, 0.2) is 0 Å². The third-order valence-corrected chi connectivity index (χ3v) is 5.80. The molecule has 0 atom stereocenters. The van der Waals surface area contributed by atoms with Crippen LogP contribution in [0, 0.1) is 19.8 Å². The van der Waals surface area contributed by atoms with E-state index in [-0.39, 0.29) is 5.56 Å². The smallest absolute Gasteiger partial charge is 0.259 e. The minimum absolute atomic E-state index is 0.0805. The van der Waals surface area contributed by atoms with E-state index < -0.39 is 0 Å². The van der Waals surface area contributed by atoms with Crippen LogP contribution in [0.1, 0.15) is 36.5 Å². The second kappa shape index (κ2) is 7.28. The molecule has 1 saturated heterocycles. The first-order valence-electron chi connectivity index (χ1n) is 9.83. The zero-order valence-corrected chi connectivity index (χ0v) is 16.4. The predicted molar refractivity (Wildman–Crippen MR) is 111 cm³/mol. The van der Waals surface area contributed by atoms with Gasteiger partial charge in [-0.3, -0.25) is 9.69 Å². The highest BCUT2D eigenvalue weighted by atomic mass is 16.1. The van der Waals surface area contributed by atoms with Crippen molar-refractivity contribution in [2.75, 3.05) is 13.1 Å². The van der Waals surface area contributed by atoms with Gasteiger partial charge < -0.3 is 4.98 Å². The molecule has 2 heterocycles. The summed E-state index contributed by atoms with van der Waals surface area (Å²) in [6.07, 6.45) is 2.55. The first-order chi connectivity index (χ1) is 13.0. The highest BCUT2D eigenvalue weighted by Gasteiger charge is 2.18. The number of aryl methyl sites for hydroxylation is 1. The average molecular weight is 361 g/mol. The Balaban J connectivity index is 1.73. The van der Waals surface area contributed by atoms with Crippen molar-refractivity contribution in [3.05, 3.63) is 63.4 Å². The molecule has 27 heavy (non-hydrogen) atoms. The van der Waals surface area contributed by atoms with Gasteiger partial charge in [-0.25, -0.2) is 4.98 Å². The van der Waals surface area contributed by atoms with Gasteiger partial charge in [0, 0.05) is 12.1 Å². The molecule has 1 aliphatic heterocycles. The molecule has 0 aliphatic carbocycles. The normalized spacial score (nSPS) is 16.1. The third-order valence-electron chi connectivity index (χ3n) is 5.80. The van der Waals surface area contributed by atoms with Gasteiger partial charge in [-0.2, -0.15) is 0 Å². The topological polar surface area (TPSA) is 49.0 Å². The molecule has 1 N–H and O–H groups in total. The Hall–Kier alpha value is -2.46. The lowest BCUT2D eigenvalue weighted by molar-refractivity contribution is 0.185. The molecule has 0 bridgehead atoms. The van der Waals surface area contributed by atoms with Crippen LogP contribution in [-0.2, 0) is 6.54 Å². The number of likely N-dealkylation sites (tertiary alicyclic amines) is 1. The number of aromatic amines is 1. The lowest BCUT2D eigenvalue weighted by Crippen LogP contribution is -2.32. The standard InChI is InChI=1S/C23H27N3O/c1-15-8-10-26(11-9-15)14-18-12-16(2)13-20(17(18)3)22-24-21-7-5-4-6-19(21)23(27)25-22/h4-7,12-13,15H,8-11,14H2,1-3H3,(H,24,25,27). The molecule has 1 aliphatic rings. The maximum Gasteiger partial charge on any atom is 0.259 e. The van der Waals surface area contributed by atoms with Crippen LogP contribution in [0.15, 0.2) is 41.2 Å². The number of rotatable bonds is 3. The summed E-state index contributed by atoms with van der Waals surface area (Å²) in [4.78, 5) is 22.8. The van der Waals surface area contributed by atoms with E-state index in [4.69, 9.17) is 4.98 Å². The number of nitrogens with zero attached hydrogens (tertiary/aromatic N) is 2. The summed E-state index contributed by atoms with van der Waals surface area (Å²) < 4.78 is 0. The fourth-order valence-corrected chi connectivity index (χ4v) is 4.02. The Kier molecular flexibility index (Phi) is 4.83. The number of fused-ring (bicyclic) bond motifs is 1. The average Bonchev–Trinajstić information content (AvgIpc) is 2.66. The van der Waals surface area contributed by atoms with Crippen molar-refractivity contribution in [3.8, 4) is 11.4 Å². The minimum Gasteiger partial charge on any atom is -0.306 e. The maximum atomic E-state index is 12.5. The summed E-state index contributed by atoms with van der Waals surface area (Å²) in [6, 6.07) is 11.9. The van der Waals surface area contributed by atoms with Gasteiger partial charge in [0.1, 0.15) is 5.82 Å². The van der Waals surface area contributed by atoms with Crippen molar-refractivity contribution in [3.63, 3.8) is 0 Å². The van der Waals surface area contributed by atoms with E-state index in [1.807, 2.05) is 24.3 Å². The van der Waals surface area contributed by atoms with Crippen molar-refractivity contribution >= 4 is 10.9 Å². The lowest BCUT2D eigenvalue weighted by atomic mass is 9.95. The second-order valence-corrected chi connectivity index (χ2v) is 7.99. The molecular weight excluding hydrogens is 334 g/mol. The summed E-state index contributed by atoms with van der Waals surface area (Å²) in [5.41, 5.74) is 5.42. The van der Waals surface area contributed by atoms with Crippen molar-refractivity contribution in [1.29, 1.82) is 0 Å². The van der Waals surface area contributed by atoms with Crippen LogP contribution in [0.2, 0.25) is 0 Å². The van der Waals surface area contributed by atoms with Crippen LogP contribution in [-0.4, -0.2) is 28.0 Å². The summed E-state index contributed by atoms with van der Waals surface area (Å²) in [5.74, 6) is 1.50. The van der Waals surface area contributed by atoms with Crippen LogP contribution >= 0.6 is 0 Å². The fraction of sp³-hybridized carbons (Fsp3) is 0.391. The largest absolute Gasteiger partial charge is 0.306 e. The van der Waals surface area contributed by atoms with E-state index in [0.29, 0.717) is 11.2 Å². The maximum absolute atomic E-state index is 12.5. The summed E-state index contributed by atoms with van der Waals surface area (Å²) >= 11 is 0. The van der Waals surface area contributed by atoms with Crippen molar-refractivity contribution in [1.82, 2.24) is 14.9 Å². The van der Waals surface area contributed by atoms with Crippen molar-refractivity contribution in [2.24, 2.45) is 5.92 Å². The van der Waals surface area contributed by atoms with E-state index in [9.17, 15) is 4.79 Å².